The summed E-state index contributed by atoms with van der Waals surface area (Å²) >= 11 is 0. The van der Waals surface area contributed by atoms with Gasteiger partial charge in [0.1, 0.15) is 0 Å². The summed E-state index contributed by atoms with van der Waals surface area (Å²) in [5.41, 5.74) is 7.53. The summed E-state index contributed by atoms with van der Waals surface area (Å²) in [6.45, 7) is 7.84. The van der Waals surface area contributed by atoms with Crippen molar-refractivity contribution in [1.29, 1.82) is 0 Å². The lowest BCUT2D eigenvalue weighted by molar-refractivity contribution is -0.126. The first kappa shape index (κ1) is 14.7. The molecule has 1 aromatic carbocycles. The second-order valence-electron chi connectivity index (χ2n) is 5.28. The number of carbonyl (C=O) groups excluding carboxylic acids is 1. The van der Waals surface area contributed by atoms with E-state index in [4.69, 9.17) is 5.73 Å². The molecule has 2 atom stereocenters. The molecule has 1 rings (SSSR count). The van der Waals surface area contributed by atoms with Crippen molar-refractivity contribution >= 4 is 5.91 Å². The Kier molecular flexibility index (Phi) is 4.91. The molecule has 1 aromatic rings. The summed E-state index contributed by atoms with van der Waals surface area (Å²) in [5, 5.41) is 2.98. The Labute approximate surface area is 110 Å². The number of amides is 1. The minimum Gasteiger partial charge on any atom is -0.348 e. The molecule has 0 fully saturated rings. The van der Waals surface area contributed by atoms with Crippen molar-refractivity contribution < 1.29 is 4.79 Å². The van der Waals surface area contributed by atoms with Crippen LogP contribution < -0.4 is 11.1 Å². The van der Waals surface area contributed by atoms with Crippen LogP contribution in [0.5, 0.6) is 0 Å². The fourth-order valence-corrected chi connectivity index (χ4v) is 2.02. The molecule has 1 unspecified atom stereocenters. The summed E-state index contributed by atoms with van der Waals surface area (Å²) in [7, 11) is 0. The standard InChI is InChI=1S/C15H24N2O/c1-5-9-15(4,16)14(18)17-12(3)13-8-6-7-11(2)10-13/h6-8,10,12H,5,9,16H2,1-4H3,(H,17,18)/t12-,15?/m0/s1. The van der Waals surface area contributed by atoms with Crippen LogP contribution in [0.2, 0.25) is 0 Å². The van der Waals surface area contributed by atoms with Crippen molar-refractivity contribution in [2.75, 3.05) is 0 Å². The van der Waals surface area contributed by atoms with Gasteiger partial charge in [0.25, 0.3) is 0 Å². The number of hydrogen-bond acceptors (Lipinski definition) is 2. The summed E-state index contributed by atoms with van der Waals surface area (Å²) < 4.78 is 0. The zero-order valence-electron chi connectivity index (χ0n) is 11.8. The molecule has 0 aromatic heterocycles. The fourth-order valence-electron chi connectivity index (χ4n) is 2.02. The van der Waals surface area contributed by atoms with E-state index in [1.807, 2.05) is 39.0 Å². The van der Waals surface area contributed by atoms with Crippen LogP contribution in [0.15, 0.2) is 24.3 Å². The van der Waals surface area contributed by atoms with Crippen LogP contribution in [0.25, 0.3) is 0 Å². The van der Waals surface area contributed by atoms with E-state index in [1.54, 1.807) is 6.92 Å². The molecule has 0 spiro atoms. The van der Waals surface area contributed by atoms with E-state index in [0.717, 1.165) is 12.0 Å². The topological polar surface area (TPSA) is 55.1 Å². The second kappa shape index (κ2) is 6.01. The SMILES string of the molecule is CCCC(C)(N)C(=O)N[C@@H](C)c1cccc(C)c1. The van der Waals surface area contributed by atoms with Crippen molar-refractivity contribution in [3.05, 3.63) is 35.4 Å². The molecule has 100 valence electrons. The zero-order chi connectivity index (χ0) is 13.8. The highest BCUT2D eigenvalue weighted by Crippen LogP contribution is 2.16. The van der Waals surface area contributed by atoms with Crippen LogP contribution in [0.4, 0.5) is 0 Å². The minimum absolute atomic E-state index is 0.0165. The number of carbonyl (C=O) groups is 1. The van der Waals surface area contributed by atoms with Gasteiger partial charge in [-0.1, -0.05) is 43.2 Å². The number of benzene rings is 1. The largest absolute Gasteiger partial charge is 0.348 e. The number of nitrogens with two attached hydrogens (primary N) is 1. The van der Waals surface area contributed by atoms with Crippen LogP contribution >= 0.6 is 0 Å². The Balaban J connectivity index is 2.70. The van der Waals surface area contributed by atoms with Crippen LogP contribution in [-0.4, -0.2) is 11.4 Å². The maximum Gasteiger partial charge on any atom is 0.240 e. The monoisotopic (exact) mass is 248 g/mol. The molecule has 3 N–H and O–H groups in total. The molecule has 0 saturated carbocycles. The van der Waals surface area contributed by atoms with Crippen molar-refractivity contribution in [1.82, 2.24) is 5.32 Å². The van der Waals surface area contributed by atoms with E-state index in [9.17, 15) is 4.79 Å². The Morgan fingerprint density at radius 3 is 2.72 bits per heavy atom. The molecule has 3 heteroatoms. The third-order valence-electron chi connectivity index (χ3n) is 3.18. The zero-order valence-corrected chi connectivity index (χ0v) is 11.8. The lowest BCUT2D eigenvalue weighted by Gasteiger charge is -2.25. The molecule has 3 nitrogen and oxygen atoms in total. The Morgan fingerprint density at radius 1 is 1.50 bits per heavy atom. The van der Waals surface area contributed by atoms with Gasteiger partial charge < -0.3 is 11.1 Å². The van der Waals surface area contributed by atoms with Crippen LogP contribution in [0.1, 0.15) is 50.8 Å². The van der Waals surface area contributed by atoms with Gasteiger partial charge in [-0.25, -0.2) is 0 Å². The Bertz CT molecular complexity index is 413. The quantitative estimate of drug-likeness (QED) is 0.841. The number of aryl methyl sites for hydroxylation is 1. The average molecular weight is 248 g/mol. The molecular weight excluding hydrogens is 224 g/mol. The van der Waals surface area contributed by atoms with E-state index in [2.05, 4.69) is 11.4 Å². The van der Waals surface area contributed by atoms with Gasteiger partial charge in [0.2, 0.25) is 5.91 Å². The highest BCUT2D eigenvalue weighted by Gasteiger charge is 2.28. The molecule has 0 aliphatic carbocycles. The van der Waals surface area contributed by atoms with Gasteiger partial charge in [-0.3, -0.25) is 4.79 Å². The highest BCUT2D eigenvalue weighted by atomic mass is 16.2. The van der Waals surface area contributed by atoms with E-state index < -0.39 is 5.54 Å². The first-order chi connectivity index (χ1) is 8.36. The molecule has 0 saturated heterocycles. The third kappa shape index (κ3) is 3.84. The molecule has 18 heavy (non-hydrogen) atoms. The van der Waals surface area contributed by atoms with Gasteiger partial charge in [-0.15, -0.1) is 0 Å². The molecule has 0 radical (unpaired) electrons. The number of nitrogens with one attached hydrogen (secondary N) is 1. The molecular formula is C15H24N2O. The van der Waals surface area contributed by atoms with E-state index in [-0.39, 0.29) is 11.9 Å². The fraction of sp³-hybridized carbons (Fsp3) is 0.533. The summed E-state index contributed by atoms with van der Waals surface area (Å²) in [5.74, 6) is -0.0849. The molecule has 0 aliphatic heterocycles. The molecule has 0 heterocycles. The van der Waals surface area contributed by atoms with Crippen LogP contribution in [-0.2, 0) is 4.79 Å². The molecule has 0 bridgehead atoms. The Hall–Kier alpha value is -1.35. The van der Waals surface area contributed by atoms with Gasteiger partial charge in [0, 0.05) is 0 Å². The molecule has 1 amide bonds. The van der Waals surface area contributed by atoms with Gasteiger partial charge in [0.05, 0.1) is 11.6 Å². The lowest BCUT2D eigenvalue weighted by atomic mass is 9.95. The third-order valence-corrected chi connectivity index (χ3v) is 3.18. The van der Waals surface area contributed by atoms with Crippen molar-refractivity contribution in [2.24, 2.45) is 5.73 Å². The summed E-state index contributed by atoms with van der Waals surface area (Å²) in [6, 6.07) is 8.13. The Morgan fingerprint density at radius 2 is 2.17 bits per heavy atom. The van der Waals surface area contributed by atoms with E-state index in [0.29, 0.717) is 6.42 Å². The van der Waals surface area contributed by atoms with E-state index >= 15 is 0 Å². The van der Waals surface area contributed by atoms with Crippen molar-refractivity contribution in [3.63, 3.8) is 0 Å². The normalized spacial score (nSPS) is 15.8. The maximum absolute atomic E-state index is 12.1. The smallest absolute Gasteiger partial charge is 0.240 e. The predicted octanol–water partition coefficient (Wildman–Crippen LogP) is 2.69. The summed E-state index contributed by atoms with van der Waals surface area (Å²) in [6.07, 6.45) is 1.60. The molecule has 0 aliphatic rings. The van der Waals surface area contributed by atoms with Gasteiger partial charge >= 0.3 is 0 Å². The summed E-state index contributed by atoms with van der Waals surface area (Å²) in [4.78, 5) is 12.1. The average Bonchev–Trinajstić information content (AvgIpc) is 2.28. The van der Waals surface area contributed by atoms with Crippen molar-refractivity contribution in [2.45, 2.75) is 52.1 Å². The van der Waals surface area contributed by atoms with Gasteiger partial charge in [0.15, 0.2) is 0 Å². The van der Waals surface area contributed by atoms with Gasteiger partial charge in [-0.2, -0.15) is 0 Å². The second-order valence-corrected chi connectivity index (χ2v) is 5.28. The lowest BCUT2D eigenvalue weighted by Crippen LogP contribution is -2.52. The first-order valence-electron chi connectivity index (χ1n) is 6.53. The number of rotatable bonds is 5. The van der Waals surface area contributed by atoms with Crippen molar-refractivity contribution in [3.8, 4) is 0 Å². The van der Waals surface area contributed by atoms with E-state index in [1.165, 1.54) is 5.56 Å². The van der Waals surface area contributed by atoms with Crippen LogP contribution in [0.3, 0.4) is 0 Å². The predicted molar refractivity (Wildman–Crippen MR) is 75.2 cm³/mol. The maximum atomic E-state index is 12.1. The number of hydrogen-bond donors (Lipinski definition) is 2. The van der Waals surface area contributed by atoms with Gasteiger partial charge in [-0.05, 0) is 32.8 Å². The highest BCUT2D eigenvalue weighted by molar-refractivity contribution is 5.85. The minimum atomic E-state index is -0.785. The first-order valence-corrected chi connectivity index (χ1v) is 6.53. The van der Waals surface area contributed by atoms with Crippen LogP contribution in [0, 0.1) is 6.92 Å².